The second-order valence-corrected chi connectivity index (χ2v) is 32.3. The van der Waals surface area contributed by atoms with E-state index in [1.807, 2.05) is 6.07 Å². The normalized spacial score (nSPS) is 34.6. The fourth-order valence-corrected chi connectivity index (χ4v) is 14.0. The highest BCUT2D eigenvalue weighted by atomic mass is 28.4. The zero-order chi connectivity index (χ0) is 42.2. The molecule has 1 aromatic rings. The van der Waals surface area contributed by atoms with Crippen LogP contribution in [0.15, 0.2) is 42.5 Å². The van der Waals surface area contributed by atoms with E-state index in [1.54, 1.807) is 6.92 Å². The third kappa shape index (κ3) is 10.3. The van der Waals surface area contributed by atoms with E-state index in [0.717, 1.165) is 37.9 Å². The van der Waals surface area contributed by atoms with Crippen LogP contribution in [0.3, 0.4) is 0 Å². The number of hydrogen-bond acceptors (Lipinski definition) is 6. The van der Waals surface area contributed by atoms with Gasteiger partial charge in [-0.25, -0.2) is 0 Å². The van der Waals surface area contributed by atoms with E-state index < -0.39 is 16.6 Å². The van der Waals surface area contributed by atoms with Gasteiger partial charge in [0.15, 0.2) is 16.6 Å². The predicted octanol–water partition coefficient (Wildman–Crippen LogP) is 13.0. The molecular formula is C49H84O6Si2. The Morgan fingerprint density at radius 3 is 2.11 bits per heavy atom. The van der Waals surface area contributed by atoms with Crippen LogP contribution in [0.1, 0.15) is 133 Å². The van der Waals surface area contributed by atoms with Gasteiger partial charge in [-0.15, -0.1) is 0 Å². The molecule has 5 rings (SSSR count). The van der Waals surface area contributed by atoms with Crippen molar-refractivity contribution in [1.29, 1.82) is 0 Å². The van der Waals surface area contributed by atoms with Crippen LogP contribution in [0.4, 0.5) is 0 Å². The van der Waals surface area contributed by atoms with Crippen LogP contribution in [0.2, 0.25) is 36.3 Å². The summed E-state index contributed by atoms with van der Waals surface area (Å²) in [5.41, 5.74) is 1.49. The van der Waals surface area contributed by atoms with E-state index in [0.29, 0.717) is 42.1 Å². The lowest BCUT2D eigenvalue weighted by Crippen LogP contribution is -2.64. The van der Waals surface area contributed by atoms with Crippen molar-refractivity contribution in [2.75, 3.05) is 13.4 Å². The predicted molar refractivity (Wildman–Crippen MR) is 240 cm³/mol. The van der Waals surface area contributed by atoms with Crippen LogP contribution >= 0.6 is 0 Å². The fraction of sp³-hybridized carbons (Fsp3) is 0.816. The molecule has 0 radical (unpaired) electrons. The Kier molecular flexibility index (Phi) is 14.7. The Labute approximate surface area is 351 Å². The first-order chi connectivity index (χ1) is 26.4. The lowest BCUT2D eigenvalue weighted by atomic mass is 9.43. The molecule has 0 bridgehead atoms. The summed E-state index contributed by atoms with van der Waals surface area (Å²) in [6.45, 7) is 36.5. The van der Waals surface area contributed by atoms with E-state index >= 15 is 0 Å². The van der Waals surface area contributed by atoms with Gasteiger partial charge in [-0.05, 0) is 140 Å². The highest BCUT2D eigenvalue weighted by molar-refractivity contribution is 6.74. The molecular weight excluding hydrogens is 741 g/mol. The summed E-state index contributed by atoms with van der Waals surface area (Å²) in [5.74, 6) is 3.29. The molecule has 0 amide bonds. The van der Waals surface area contributed by atoms with Gasteiger partial charge in [-0.2, -0.15) is 0 Å². The number of rotatable bonds is 15. The number of hydrogen-bond donors (Lipinski definition) is 0. The Balaban J connectivity index is 1.36. The molecule has 4 aliphatic rings. The smallest absolute Gasteiger partial charge is 0.303 e. The summed E-state index contributed by atoms with van der Waals surface area (Å²) < 4.78 is 33.4. The molecule has 0 N–H and O–H groups in total. The van der Waals surface area contributed by atoms with Gasteiger partial charge >= 0.3 is 5.97 Å². The van der Waals surface area contributed by atoms with Crippen molar-refractivity contribution in [2.24, 2.45) is 52.3 Å². The third-order valence-corrected chi connectivity index (χ3v) is 26.0. The summed E-state index contributed by atoms with van der Waals surface area (Å²) in [6, 6.07) is 10.4. The first-order valence-electron chi connectivity index (χ1n) is 22.8. The molecule has 0 spiro atoms. The number of benzene rings is 1. The number of fused-ring (bicyclic) bond motifs is 5. The van der Waals surface area contributed by atoms with Gasteiger partial charge in [-0.1, -0.05) is 112 Å². The molecule has 4 aliphatic carbocycles. The summed E-state index contributed by atoms with van der Waals surface area (Å²) in [5, 5.41) is 0.307. The average molecular weight is 825 g/mol. The number of ether oxygens (including phenoxy) is 3. The minimum atomic E-state index is -2.11. The molecule has 0 heterocycles. The highest BCUT2D eigenvalue weighted by Gasteiger charge is 2.65. The lowest BCUT2D eigenvalue weighted by Gasteiger charge is -2.64. The van der Waals surface area contributed by atoms with Crippen LogP contribution in [-0.2, 0) is 34.5 Å². The molecule has 57 heavy (non-hydrogen) atoms. The standard InChI is InChI=1S/C49H84O6Si2/c1-34(31-53-56(12,13)46(4,5)6)20-19-21-35(2)38-24-25-39-44-40(26-28-48(38,39)10)49(11)29-27-42(55-57(14,15)47(7,8)9)45(54-36(3)50)41(49)30-43(44)52-33-51-32-37-22-17-16-18-23-37/h16-20,22-23,34-35,38-45H,21,24-33H2,1-15H3/b20-19+/t34-,35+,38+,39-,40-,41-,42+,43+,44-,45+,48+,49+/m0/s1. The van der Waals surface area contributed by atoms with E-state index in [-0.39, 0.29) is 57.9 Å². The maximum Gasteiger partial charge on any atom is 0.303 e. The van der Waals surface area contributed by atoms with E-state index in [2.05, 4.69) is 132 Å². The topological polar surface area (TPSA) is 63.2 Å². The lowest BCUT2D eigenvalue weighted by molar-refractivity contribution is -0.236. The number of carbonyl (C=O) groups excluding carboxylic acids is 1. The molecule has 0 aliphatic heterocycles. The van der Waals surface area contributed by atoms with Crippen molar-refractivity contribution in [3.8, 4) is 0 Å². The van der Waals surface area contributed by atoms with E-state index in [4.69, 9.17) is 23.1 Å². The van der Waals surface area contributed by atoms with Crippen molar-refractivity contribution >= 4 is 22.6 Å². The first-order valence-corrected chi connectivity index (χ1v) is 28.6. The summed E-state index contributed by atoms with van der Waals surface area (Å²) >= 11 is 0. The number of carbonyl (C=O) groups is 1. The first kappa shape index (κ1) is 46.8. The molecule has 4 saturated carbocycles. The maximum atomic E-state index is 12.9. The Hall–Kier alpha value is -1.30. The van der Waals surface area contributed by atoms with Crippen molar-refractivity contribution in [3.05, 3.63) is 48.0 Å². The van der Waals surface area contributed by atoms with Crippen LogP contribution in [-0.4, -0.2) is 54.3 Å². The molecule has 324 valence electrons. The van der Waals surface area contributed by atoms with Crippen molar-refractivity contribution in [1.82, 2.24) is 0 Å². The van der Waals surface area contributed by atoms with Crippen LogP contribution in [0, 0.1) is 52.3 Å². The molecule has 1 aromatic carbocycles. The summed E-state index contributed by atoms with van der Waals surface area (Å²) in [6.07, 6.45) is 13.7. The SMILES string of the molecule is CC(=O)O[C@H]1[C@H](O[Si](C)(C)C(C)(C)C)CC[C@@]2(C)[C@H]1C[C@@H](OCOCc1ccccc1)[C@@H]1[C@@H]2CC[C@]2(C)[C@@H]([C@H](C)C/C=C/[C@H](C)CO[Si](C)(C)C(C)(C)C)CC[C@@H]12. The van der Waals surface area contributed by atoms with Gasteiger partial charge < -0.3 is 23.1 Å². The molecule has 0 unspecified atom stereocenters. The minimum absolute atomic E-state index is 0.0499. The van der Waals surface area contributed by atoms with Crippen molar-refractivity contribution in [2.45, 2.75) is 189 Å². The molecule has 6 nitrogen and oxygen atoms in total. The fourth-order valence-electron chi connectivity index (χ4n) is 11.5. The van der Waals surface area contributed by atoms with Crippen LogP contribution < -0.4 is 0 Å². The monoisotopic (exact) mass is 825 g/mol. The molecule has 4 fully saturated rings. The van der Waals surface area contributed by atoms with Gasteiger partial charge in [-0.3, -0.25) is 4.79 Å². The van der Waals surface area contributed by atoms with E-state index in [1.165, 1.54) is 25.7 Å². The molecule has 0 aromatic heterocycles. The summed E-state index contributed by atoms with van der Waals surface area (Å²) in [7, 11) is -3.86. The molecule has 0 saturated heterocycles. The minimum Gasteiger partial charge on any atom is -0.460 e. The third-order valence-electron chi connectivity index (χ3n) is 17.0. The van der Waals surface area contributed by atoms with Crippen LogP contribution in [0.25, 0.3) is 0 Å². The zero-order valence-corrected chi connectivity index (χ0v) is 41.0. The van der Waals surface area contributed by atoms with Gasteiger partial charge in [0, 0.05) is 19.4 Å². The zero-order valence-electron chi connectivity index (χ0n) is 39.0. The number of esters is 1. The van der Waals surface area contributed by atoms with Crippen molar-refractivity contribution < 1.29 is 27.9 Å². The number of allylic oxidation sites excluding steroid dienone is 1. The van der Waals surface area contributed by atoms with Gasteiger partial charge in [0.05, 0.1) is 18.8 Å². The van der Waals surface area contributed by atoms with Gasteiger partial charge in [0.1, 0.15) is 12.9 Å². The Morgan fingerprint density at radius 1 is 0.842 bits per heavy atom. The van der Waals surface area contributed by atoms with Gasteiger partial charge in [0.2, 0.25) is 0 Å². The Bertz CT molecular complexity index is 1500. The second-order valence-electron chi connectivity index (χ2n) is 22.7. The van der Waals surface area contributed by atoms with Gasteiger partial charge in [0.25, 0.3) is 0 Å². The average Bonchev–Trinajstić information content (AvgIpc) is 3.47. The second kappa shape index (κ2) is 18.0. The molecule has 8 heteroatoms. The maximum absolute atomic E-state index is 12.9. The summed E-state index contributed by atoms with van der Waals surface area (Å²) in [4.78, 5) is 12.9. The quantitative estimate of drug-likeness (QED) is 0.0577. The molecule has 12 atom stereocenters. The largest absolute Gasteiger partial charge is 0.460 e. The van der Waals surface area contributed by atoms with E-state index in [9.17, 15) is 4.79 Å². The van der Waals surface area contributed by atoms with Crippen molar-refractivity contribution in [3.63, 3.8) is 0 Å². The van der Waals surface area contributed by atoms with Crippen LogP contribution in [0.5, 0.6) is 0 Å². The highest BCUT2D eigenvalue weighted by Crippen LogP contribution is 2.69. The Morgan fingerprint density at radius 2 is 1.47 bits per heavy atom.